The molecule has 5 heteroatoms. The van der Waals surface area contributed by atoms with E-state index >= 15 is 0 Å². The number of benzene rings is 1. The summed E-state index contributed by atoms with van der Waals surface area (Å²) in [6.07, 6.45) is 1.13. The van der Waals surface area contributed by atoms with Gasteiger partial charge in [-0.3, -0.25) is 10.1 Å². The summed E-state index contributed by atoms with van der Waals surface area (Å²) in [5.74, 6) is 1.56. The second-order valence-electron chi connectivity index (χ2n) is 4.87. The Labute approximate surface area is 119 Å². The van der Waals surface area contributed by atoms with Gasteiger partial charge in [0, 0.05) is 28.8 Å². The molecule has 1 atom stereocenters. The van der Waals surface area contributed by atoms with Crippen LogP contribution in [0.25, 0.3) is 0 Å². The maximum absolute atomic E-state index is 10.6. The van der Waals surface area contributed by atoms with Crippen molar-refractivity contribution < 1.29 is 4.92 Å². The lowest BCUT2D eigenvalue weighted by Crippen LogP contribution is -2.36. The highest BCUT2D eigenvalue weighted by Gasteiger charge is 2.13. The van der Waals surface area contributed by atoms with Gasteiger partial charge in [-0.1, -0.05) is 20.8 Å². The van der Waals surface area contributed by atoms with E-state index in [4.69, 9.17) is 0 Å². The van der Waals surface area contributed by atoms with Gasteiger partial charge < -0.3 is 5.32 Å². The molecule has 0 aliphatic rings. The molecule has 19 heavy (non-hydrogen) atoms. The van der Waals surface area contributed by atoms with Gasteiger partial charge in [-0.25, -0.2) is 0 Å². The molecule has 0 fully saturated rings. The second-order valence-corrected chi connectivity index (χ2v) is 5.96. The minimum Gasteiger partial charge on any atom is -0.313 e. The Morgan fingerprint density at radius 2 is 1.95 bits per heavy atom. The monoisotopic (exact) mass is 282 g/mol. The Morgan fingerprint density at radius 1 is 1.32 bits per heavy atom. The molecule has 0 radical (unpaired) electrons. The van der Waals surface area contributed by atoms with Crippen LogP contribution >= 0.6 is 11.8 Å². The van der Waals surface area contributed by atoms with Crippen molar-refractivity contribution in [3.63, 3.8) is 0 Å². The summed E-state index contributed by atoms with van der Waals surface area (Å²) >= 11 is 1.74. The molecule has 1 aromatic carbocycles. The van der Waals surface area contributed by atoms with Crippen LogP contribution in [0.2, 0.25) is 0 Å². The normalized spacial score (nSPS) is 12.6. The molecule has 4 nitrogen and oxygen atoms in total. The molecule has 1 aromatic rings. The Balaban J connectivity index is 2.51. The van der Waals surface area contributed by atoms with Crippen molar-refractivity contribution in [2.24, 2.45) is 5.92 Å². The van der Waals surface area contributed by atoms with Crippen LogP contribution in [0.5, 0.6) is 0 Å². The molecule has 0 spiro atoms. The van der Waals surface area contributed by atoms with E-state index in [-0.39, 0.29) is 10.6 Å². The molecule has 0 bridgehead atoms. The average molecular weight is 282 g/mol. The van der Waals surface area contributed by atoms with E-state index in [0.29, 0.717) is 12.0 Å². The summed E-state index contributed by atoms with van der Waals surface area (Å²) in [6, 6.07) is 7.23. The fourth-order valence-corrected chi connectivity index (χ4v) is 2.87. The Kier molecular flexibility index (Phi) is 6.87. The van der Waals surface area contributed by atoms with Gasteiger partial charge in [0.05, 0.1) is 4.92 Å². The Morgan fingerprint density at radius 3 is 2.42 bits per heavy atom. The maximum Gasteiger partial charge on any atom is 0.269 e. The summed E-state index contributed by atoms with van der Waals surface area (Å²) in [4.78, 5) is 11.3. The van der Waals surface area contributed by atoms with Gasteiger partial charge in [0.15, 0.2) is 0 Å². The molecular weight excluding hydrogens is 260 g/mol. The third-order valence-electron chi connectivity index (χ3n) is 2.94. The largest absolute Gasteiger partial charge is 0.313 e. The van der Waals surface area contributed by atoms with Crippen molar-refractivity contribution in [2.45, 2.75) is 38.1 Å². The third-order valence-corrected chi connectivity index (χ3v) is 4.07. The molecule has 0 saturated heterocycles. The average Bonchev–Trinajstić information content (AvgIpc) is 2.39. The van der Waals surface area contributed by atoms with Crippen LogP contribution in [-0.2, 0) is 0 Å². The summed E-state index contributed by atoms with van der Waals surface area (Å²) in [7, 11) is 0. The summed E-state index contributed by atoms with van der Waals surface area (Å²) in [5, 5.41) is 14.1. The van der Waals surface area contributed by atoms with Gasteiger partial charge in [-0.2, -0.15) is 0 Å². The Bertz CT molecular complexity index is 393. The van der Waals surface area contributed by atoms with Gasteiger partial charge in [0.25, 0.3) is 5.69 Å². The second kappa shape index (κ2) is 8.17. The highest BCUT2D eigenvalue weighted by atomic mass is 32.2. The van der Waals surface area contributed by atoms with E-state index in [9.17, 15) is 10.1 Å². The van der Waals surface area contributed by atoms with Crippen LogP contribution in [0, 0.1) is 16.0 Å². The summed E-state index contributed by atoms with van der Waals surface area (Å²) in [5.41, 5.74) is 0.147. The van der Waals surface area contributed by atoms with Crippen LogP contribution in [0.3, 0.4) is 0 Å². The zero-order valence-electron chi connectivity index (χ0n) is 11.8. The number of rotatable bonds is 8. The van der Waals surface area contributed by atoms with E-state index in [1.165, 1.54) is 0 Å². The number of nitrogens with zero attached hydrogens (tertiary/aromatic N) is 1. The van der Waals surface area contributed by atoms with E-state index in [0.717, 1.165) is 23.6 Å². The smallest absolute Gasteiger partial charge is 0.269 e. The van der Waals surface area contributed by atoms with E-state index < -0.39 is 0 Å². The molecule has 0 aliphatic carbocycles. The first-order chi connectivity index (χ1) is 9.04. The number of hydrogen-bond donors (Lipinski definition) is 1. The molecule has 0 aliphatic heterocycles. The first-order valence-electron chi connectivity index (χ1n) is 6.65. The standard InChI is InChI=1S/C14H22N2O2S/c1-4-9-15-14(11(2)3)10-19-13-7-5-12(6-8-13)16(17)18/h5-8,11,14-15H,4,9-10H2,1-3H3. The number of hydrogen-bond acceptors (Lipinski definition) is 4. The number of nitro groups is 1. The molecule has 0 aromatic heterocycles. The summed E-state index contributed by atoms with van der Waals surface area (Å²) < 4.78 is 0. The Hall–Kier alpha value is -1.07. The SMILES string of the molecule is CCCNC(CSc1ccc([N+](=O)[O-])cc1)C(C)C. The van der Waals surface area contributed by atoms with Gasteiger partial charge >= 0.3 is 0 Å². The first-order valence-corrected chi connectivity index (χ1v) is 7.63. The molecule has 1 rings (SSSR count). The lowest BCUT2D eigenvalue weighted by molar-refractivity contribution is -0.384. The van der Waals surface area contributed by atoms with Crippen LogP contribution in [0.15, 0.2) is 29.2 Å². The highest BCUT2D eigenvalue weighted by molar-refractivity contribution is 7.99. The molecule has 0 amide bonds. The minimum absolute atomic E-state index is 0.147. The topological polar surface area (TPSA) is 55.2 Å². The number of nitro benzene ring substituents is 1. The number of non-ortho nitro benzene ring substituents is 1. The van der Waals surface area contributed by atoms with Crippen LogP contribution < -0.4 is 5.32 Å². The predicted molar refractivity (Wildman–Crippen MR) is 80.7 cm³/mol. The van der Waals surface area contributed by atoms with Crippen molar-refractivity contribution in [2.75, 3.05) is 12.3 Å². The molecular formula is C14H22N2O2S. The maximum atomic E-state index is 10.6. The van der Waals surface area contributed by atoms with Crippen LogP contribution in [0.1, 0.15) is 27.2 Å². The van der Waals surface area contributed by atoms with Gasteiger partial charge in [-0.05, 0) is 31.0 Å². The molecule has 1 unspecified atom stereocenters. The molecule has 0 saturated carbocycles. The lowest BCUT2D eigenvalue weighted by atomic mass is 10.1. The van der Waals surface area contributed by atoms with E-state index in [1.807, 2.05) is 12.1 Å². The third kappa shape index (κ3) is 5.61. The highest BCUT2D eigenvalue weighted by Crippen LogP contribution is 2.23. The first kappa shape index (κ1) is 16.0. The molecule has 0 heterocycles. The fourth-order valence-electron chi connectivity index (χ4n) is 1.67. The zero-order valence-corrected chi connectivity index (χ0v) is 12.6. The van der Waals surface area contributed by atoms with Gasteiger partial charge in [0.1, 0.15) is 0 Å². The van der Waals surface area contributed by atoms with Crippen molar-refractivity contribution in [3.8, 4) is 0 Å². The number of thioether (sulfide) groups is 1. The summed E-state index contributed by atoms with van der Waals surface area (Å²) in [6.45, 7) is 7.62. The lowest BCUT2D eigenvalue weighted by Gasteiger charge is -2.21. The minimum atomic E-state index is -0.367. The predicted octanol–water partition coefficient (Wildman–Crippen LogP) is 3.71. The number of nitrogens with one attached hydrogen (secondary N) is 1. The molecule has 1 N–H and O–H groups in total. The van der Waals surface area contributed by atoms with Crippen molar-refractivity contribution in [3.05, 3.63) is 34.4 Å². The zero-order chi connectivity index (χ0) is 14.3. The van der Waals surface area contributed by atoms with Crippen molar-refractivity contribution >= 4 is 17.4 Å². The van der Waals surface area contributed by atoms with E-state index in [2.05, 4.69) is 26.1 Å². The van der Waals surface area contributed by atoms with Gasteiger partial charge in [0.2, 0.25) is 0 Å². The van der Waals surface area contributed by atoms with Gasteiger partial charge in [-0.15, -0.1) is 11.8 Å². The quantitative estimate of drug-likeness (QED) is 0.448. The molecule has 106 valence electrons. The fraction of sp³-hybridized carbons (Fsp3) is 0.571. The van der Waals surface area contributed by atoms with Crippen LogP contribution in [0.4, 0.5) is 5.69 Å². The van der Waals surface area contributed by atoms with E-state index in [1.54, 1.807) is 23.9 Å². The van der Waals surface area contributed by atoms with Crippen molar-refractivity contribution in [1.82, 2.24) is 5.32 Å². The van der Waals surface area contributed by atoms with Crippen LogP contribution in [-0.4, -0.2) is 23.3 Å². The van der Waals surface area contributed by atoms with Crippen molar-refractivity contribution in [1.29, 1.82) is 0 Å².